The fraction of sp³-hybridized carbons (Fsp3) is 0.182. The van der Waals surface area contributed by atoms with Gasteiger partial charge in [0.05, 0.1) is 7.11 Å². The molecule has 27 heavy (non-hydrogen) atoms. The Hall–Kier alpha value is -1.98. The molecule has 3 aromatic carbocycles. The van der Waals surface area contributed by atoms with Gasteiger partial charge in [-0.25, -0.2) is 0 Å². The molecule has 0 aromatic heterocycles. The predicted octanol–water partition coefficient (Wildman–Crippen LogP) is 6.72. The Morgan fingerprint density at radius 3 is 2.37 bits per heavy atom. The van der Waals surface area contributed by atoms with Crippen LogP contribution in [0.5, 0.6) is 11.5 Å². The zero-order valence-electron chi connectivity index (χ0n) is 15.3. The molecule has 0 bridgehead atoms. The molecule has 3 rings (SSSR count). The van der Waals surface area contributed by atoms with Crippen LogP contribution in [0.4, 0.5) is 5.69 Å². The summed E-state index contributed by atoms with van der Waals surface area (Å²) in [5.74, 6) is 1.47. The van der Waals surface area contributed by atoms with E-state index in [2.05, 4.69) is 56.2 Å². The lowest BCUT2D eigenvalue weighted by atomic mass is 10.1. The first-order valence-electron chi connectivity index (χ1n) is 8.60. The molecule has 0 aliphatic rings. The molecule has 0 saturated heterocycles. The van der Waals surface area contributed by atoms with Crippen LogP contribution in [-0.2, 0) is 13.2 Å². The van der Waals surface area contributed by atoms with Crippen molar-refractivity contribution in [2.75, 3.05) is 12.4 Å². The number of hydrogen-bond acceptors (Lipinski definition) is 3. The Labute approximate surface area is 177 Å². The van der Waals surface area contributed by atoms with Gasteiger partial charge in [0.1, 0.15) is 6.61 Å². The minimum atomic E-state index is 0.491. The number of ether oxygens (including phenoxy) is 2. The molecular weight excluding hydrogens is 470 g/mol. The maximum atomic E-state index is 6.21. The molecule has 0 amide bonds. The predicted molar refractivity (Wildman–Crippen MR) is 118 cm³/mol. The monoisotopic (exact) mass is 489 g/mol. The molecule has 0 aliphatic carbocycles. The van der Waals surface area contributed by atoms with Gasteiger partial charge < -0.3 is 14.8 Å². The Bertz CT molecular complexity index is 911. The van der Waals surface area contributed by atoms with E-state index in [1.165, 1.54) is 5.56 Å². The second-order valence-electron chi connectivity index (χ2n) is 6.13. The maximum absolute atomic E-state index is 6.21. The number of hydrogen-bond donors (Lipinski definition) is 1. The second-order valence-corrected chi connectivity index (χ2v) is 7.90. The van der Waals surface area contributed by atoms with Crippen molar-refractivity contribution >= 4 is 37.5 Å². The van der Waals surface area contributed by atoms with Gasteiger partial charge in [-0.1, -0.05) is 56.1 Å². The highest BCUT2D eigenvalue weighted by Crippen LogP contribution is 2.37. The number of rotatable bonds is 7. The van der Waals surface area contributed by atoms with Gasteiger partial charge in [0.15, 0.2) is 11.5 Å². The summed E-state index contributed by atoms with van der Waals surface area (Å²) in [6.07, 6.45) is 0. The summed E-state index contributed by atoms with van der Waals surface area (Å²) in [5.41, 5.74) is 4.43. The Morgan fingerprint density at radius 2 is 1.67 bits per heavy atom. The van der Waals surface area contributed by atoms with Crippen molar-refractivity contribution in [3.8, 4) is 11.5 Å². The van der Waals surface area contributed by atoms with E-state index >= 15 is 0 Å². The SMILES string of the molecule is COc1ccc(Br)c(CNc2ccc(Br)cc2)c1OCc1ccccc1C. The first kappa shape index (κ1) is 19.8. The van der Waals surface area contributed by atoms with Crippen LogP contribution in [0.3, 0.4) is 0 Å². The summed E-state index contributed by atoms with van der Waals surface area (Å²) in [5, 5.41) is 3.44. The van der Waals surface area contributed by atoms with E-state index in [9.17, 15) is 0 Å². The number of nitrogens with one attached hydrogen (secondary N) is 1. The summed E-state index contributed by atoms with van der Waals surface area (Å²) >= 11 is 7.11. The van der Waals surface area contributed by atoms with Crippen molar-refractivity contribution < 1.29 is 9.47 Å². The fourth-order valence-electron chi connectivity index (χ4n) is 2.75. The van der Waals surface area contributed by atoms with Crippen molar-refractivity contribution in [3.05, 3.63) is 86.3 Å². The smallest absolute Gasteiger partial charge is 0.167 e. The molecule has 0 fully saturated rings. The quantitative estimate of drug-likeness (QED) is 0.398. The molecule has 140 valence electrons. The van der Waals surface area contributed by atoms with Gasteiger partial charge in [-0.15, -0.1) is 0 Å². The summed E-state index contributed by atoms with van der Waals surface area (Å²) in [7, 11) is 1.66. The third-order valence-corrected chi connectivity index (χ3v) is 5.61. The lowest BCUT2D eigenvalue weighted by Crippen LogP contribution is -2.06. The van der Waals surface area contributed by atoms with Crippen LogP contribution in [0.2, 0.25) is 0 Å². The van der Waals surface area contributed by atoms with Crippen molar-refractivity contribution in [3.63, 3.8) is 0 Å². The van der Waals surface area contributed by atoms with Crippen LogP contribution >= 0.6 is 31.9 Å². The van der Waals surface area contributed by atoms with Crippen LogP contribution < -0.4 is 14.8 Å². The van der Waals surface area contributed by atoms with Crippen molar-refractivity contribution in [1.82, 2.24) is 0 Å². The normalized spacial score (nSPS) is 10.5. The number of halogens is 2. The number of benzene rings is 3. The molecule has 3 aromatic rings. The fourth-order valence-corrected chi connectivity index (χ4v) is 3.46. The lowest BCUT2D eigenvalue weighted by molar-refractivity contribution is 0.281. The van der Waals surface area contributed by atoms with Gasteiger partial charge in [-0.3, -0.25) is 0 Å². The molecule has 0 atom stereocenters. The average molecular weight is 491 g/mol. The van der Waals surface area contributed by atoms with E-state index in [4.69, 9.17) is 9.47 Å². The van der Waals surface area contributed by atoms with Gasteiger partial charge in [0, 0.05) is 26.7 Å². The van der Waals surface area contributed by atoms with Gasteiger partial charge in [0.2, 0.25) is 0 Å². The van der Waals surface area contributed by atoms with Gasteiger partial charge in [-0.05, 0) is 54.4 Å². The van der Waals surface area contributed by atoms with Crippen molar-refractivity contribution in [2.24, 2.45) is 0 Å². The van der Waals surface area contributed by atoms with E-state index in [1.54, 1.807) is 7.11 Å². The standard InChI is InChI=1S/C22H21Br2NO2/c1-15-5-3-4-6-16(15)14-27-22-19(20(24)11-12-21(22)26-2)13-25-18-9-7-17(23)8-10-18/h3-12,25H,13-14H2,1-2H3. The third-order valence-electron chi connectivity index (χ3n) is 4.33. The number of anilines is 1. The van der Waals surface area contributed by atoms with E-state index in [1.807, 2.05) is 48.5 Å². The Kier molecular flexibility index (Phi) is 6.80. The Balaban J connectivity index is 1.83. The van der Waals surface area contributed by atoms with Crippen LogP contribution in [0.25, 0.3) is 0 Å². The minimum Gasteiger partial charge on any atom is -0.493 e. The molecule has 1 N–H and O–H groups in total. The minimum absolute atomic E-state index is 0.491. The molecule has 0 unspecified atom stereocenters. The molecule has 3 nitrogen and oxygen atoms in total. The highest BCUT2D eigenvalue weighted by Gasteiger charge is 2.15. The summed E-state index contributed by atoms with van der Waals surface area (Å²) in [6, 6.07) is 20.2. The number of aryl methyl sites for hydroxylation is 1. The largest absolute Gasteiger partial charge is 0.493 e. The van der Waals surface area contributed by atoms with Gasteiger partial charge in [-0.2, -0.15) is 0 Å². The molecule has 0 radical (unpaired) electrons. The molecule has 0 aliphatic heterocycles. The molecule has 0 saturated carbocycles. The summed E-state index contributed by atoms with van der Waals surface area (Å²) < 4.78 is 13.8. The molecule has 0 spiro atoms. The van der Waals surface area contributed by atoms with E-state index in [0.29, 0.717) is 13.2 Å². The third kappa shape index (κ3) is 5.05. The highest BCUT2D eigenvalue weighted by atomic mass is 79.9. The van der Waals surface area contributed by atoms with Crippen LogP contribution in [0.1, 0.15) is 16.7 Å². The van der Waals surface area contributed by atoms with Crippen molar-refractivity contribution in [1.29, 1.82) is 0 Å². The number of methoxy groups -OCH3 is 1. The van der Waals surface area contributed by atoms with Crippen LogP contribution in [-0.4, -0.2) is 7.11 Å². The van der Waals surface area contributed by atoms with Crippen molar-refractivity contribution in [2.45, 2.75) is 20.1 Å². The second kappa shape index (κ2) is 9.29. The lowest BCUT2D eigenvalue weighted by Gasteiger charge is -2.18. The average Bonchev–Trinajstić information content (AvgIpc) is 2.68. The van der Waals surface area contributed by atoms with E-state index in [0.717, 1.165) is 37.3 Å². The molecule has 5 heteroatoms. The van der Waals surface area contributed by atoms with Gasteiger partial charge >= 0.3 is 0 Å². The maximum Gasteiger partial charge on any atom is 0.167 e. The summed E-state index contributed by atoms with van der Waals surface area (Å²) in [6.45, 7) is 3.19. The van der Waals surface area contributed by atoms with E-state index < -0.39 is 0 Å². The zero-order chi connectivity index (χ0) is 19.2. The first-order chi connectivity index (χ1) is 13.1. The molecule has 0 heterocycles. The topological polar surface area (TPSA) is 30.5 Å². The highest BCUT2D eigenvalue weighted by molar-refractivity contribution is 9.10. The first-order valence-corrected chi connectivity index (χ1v) is 10.2. The zero-order valence-corrected chi connectivity index (χ0v) is 18.4. The van der Waals surface area contributed by atoms with Gasteiger partial charge in [0.25, 0.3) is 0 Å². The van der Waals surface area contributed by atoms with E-state index in [-0.39, 0.29) is 0 Å². The summed E-state index contributed by atoms with van der Waals surface area (Å²) in [4.78, 5) is 0. The van der Waals surface area contributed by atoms with Crippen LogP contribution in [0, 0.1) is 6.92 Å². The molecular formula is C22H21Br2NO2. The Morgan fingerprint density at radius 1 is 0.926 bits per heavy atom. The van der Waals surface area contributed by atoms with Crippen LogP contribution in [0.15, 0.2) is 69.6 Å².